The van der Waals surface area contributed by atoms with Crippen LogP contribution in [0.1, 0.15) is 45.3 Å². The maximum absolute atomic E-state index is 12.6. The summed E-state index contributed by atoms with van der Waals surface area (Å²) in [6.07, 6.45) is -0.327. The molecule has 1 aromatic carbocycles. The van der Waals surface area contributed by atoms with Crippen molar-refractivity contribution in [3.63, 3.8) is 0 Å². The number of nitrogens with two attached hydrogens (primary N) is 1. The smallest absolute Gasteiger partial charge is 0.263 e. The highest BCUT2D eigenvalue weighted by Crippen LogP contribution is 2.32. The Labute approximate surface area is 192 Å². The normalized spacial score (nSPS) is 21.7. The number of benzene rings is 1. The molecule has 2 aliphatic heterocycles. The van der Waals surface area contributed by atoms with Gasteiger partial charge in [0.05, 0.1) is 34.8 Å². The average Bonchev–Trinajstić information content (AvgIpc) is 3.44. The topological polar surface area (TPSA) is 164 Å². The number of nitrogens with zero attached hydrogens (tertiary/aromatic N) is 3. The third kappa shape index (κ3) is 3.54. The van der Waals surface area contributed by atoms with Gasteiger partial charge in [-0.1, -0.05) is 24.0 Å². The van der Waals surface area contributed by atoms with E-state index >= 15 is 0 Å². The predicted octanol–water partition coefficient (Wildman–Crippen LogP) is -0.0147. The average molecular weight is 463 g/mol. The number of H-pyrrole nitrogens is 1. The van der Waals surface area contributed by atoms with Crippen molar-refractivity contribution in [2.24, 2.45) is 0 Å². The molecule has 0 unspecified atom stereocenters. The molecule has 1 saturated heterocycles. The van der Waals surface area contributed by atoms with Crippen molar-refractivity contribution in [2.75, 3.05) is 18.9 Å². The van der Waals surface area contributed by atoms with Crippen molar-refractivity contribution in [2.45, 2.75) is 31.3 Å². The van der Waals surface area contributed by atoms with Gasteiger partial charge in [-0.3, -0.25) is 24.3 Å². The molecule has 2 aromatic heterocycles. The molecule has 2 aliphatic rings. The van der Waals surface area contributed by atoms with E-state index in [4.69, 9.17) is 10.5 Å². The zero-order valence-corrected chi connectivity index (χ0v) is 17.9. The summed E-state index contributed by atoms with van der Waals surface area (Å²) in [7, 11) is 0. The standard InChI is InChI=1S/C23H21N5O6/c24-23-25-19-18(20(31)26-23)12(10-28(19)17-9-15(30)16(11-29)34-17)5-3-4-8-27-21(32)13-6-1-2-7-14(13)22(27)33/h1-2,6-7,10,15-17,29-30H,4,8-9,11H2,(H3,24,25,26,31)/t15-,16+,17+/m0/s1. The van der Waals surface area contributed by atoms with E-state index in [0.717, 1.165) is 4.90 Å². The first kappa shape index (κ1) is 21.8. The van der Waals surface area contributed by atoms with Crippen molar-refractivity contribution < 1.29 is 24.5 Å². The molecule has 34 heavy (non-hydrogen) atoms. The number of rotatable bonds is 4. The van der Waals surface area contributed by atoms with Crippen LogP contribution in [0.4, 0.5) is 5.95 Å². The first-order valence-corrected chi connectivity index (χ1v) is 10.7. The van der Waals surface area contributed by atoms with E-state index in [1.165, 1.54) is 0 Å². The molecule has 4 heterocycles. The summed E-state index contributed by atoms with van der Waals surface area (Å²) in [5, 5.41) is 19.7. The van der Waals surface area contributed by atoms with Gasteiger partial charge in [-0.05, 0) is 12.1 Å². The number of nitrogens with one attached hydrogen (secondary N) is 1. The van der Waals surface area contributed by atoms with Crippen LogP contribution in [0.15, 0.2) is 35.3 Å². The summed E-state index contributed by atoms with van der Waals surface area (Å²) >= 11 is 0. The molecule has 174 valence electrons. The fourth-order valence-corrected chi connectivity index (χ4v) is 4.30. The number of ether oxygens (including phenoxy) is 1. The van der Waals surface area contributed by atoms with Crippen molar-refractivity contribution in [3.05, 3.63) is 57.5 Å². The fraction of sp³-hybridized carbons (Fsp3) is 0.304. The highest BCUT2D eigenvalue weighted by atomic mass is 16.5. The third-order valence-corrected chi connectivity index (χ3v) is 5.96. The quantitative estimate of drug-likeness (QED) is 0.310. The summed E-state index contributed by atoms with van der Waals surface area (Å²) in [4.78, 5) is 45.4. The molecule has 3 atom stereocenters. The highest BCUT2D eigenvalue weighted by molar-refractivity contribution is 6.21. The van der Waals surface area contributed by atoms with Crippen LogP contribution in [-0.2, 0) is 4.74 Å². The van der Waals surface area contributed by atoms with Gasteiger partial charge < -0.3 is 25.3 Å². The van der Waals surface area contributed by atoms with Crippen molar-refractivity contribution in [1.82, 2.24) is 19.4 Å². The van der Waals surface area contributed by atoms with Crippen molar-refractivity contribution in [3.8, 4) is 11.8 Å². The molecule has 1 fully saturated rings. The Morgan fingerprint density at radius 1 is 1.21 bits per heavy atom. The molecule has 11 heteroatoms. The molecular formula is C23H21N5O6. The maximum atomic E-state index is 12.6. The summed E-state index contributed by atoms with van der Waals surface area (Å²) in [5.74, 6) is 5.03. The van der Waals surface area contributed by atoms with E-state index in [2.05, 4.69) is 21.8 Å². The SMILES string of the molecule is Nc1nc2c(c(C#CCCN3C(=O)c4ccccc4C3=O)cn2[C@H]2C[C@H](O)[C@@H](CO)O2)c(=O)[nH]1. The van der Waals surface area contributed by atoms with Gasteiger partial charge >= 0.3 is 0 Å². The lowest BCUT2D eigenvalue weighted by Gasteiger charge is -2.14. The summed E-state index contributed by atoms with van der Waals surface area (Å²) < 4.78 is 7.26. The van der Waals surface area contributed by atoms with Crippen LogP contribution in [0.25, 0.3) is 11.0 Å². The van der Waals surface area contributed by atoms with Gasteiger partial charge in [0.15, 0.2) is 5.65 Å². The van der Waals surface area contributed by atoms with Crippen LogP contribution in [0, 0.1) is 11.8 Å². The summed E-state index contributed by atoms with van der Waals surface area (Å²) in [6.45, 7) is -0.243. The van der Waals surface area contributed by atoms with E-state index in [9.17, 15) is 24.6 Å². The van der Waals surface area contributed by atoms with E-state index in [1.54, 1.807) is 35.0 Å². The van der Waals surface area contributed by atoms with E-state index < -0.39 is 24.0 Å². The fourth-order valence-electron chi connectivity index (χ4n) is 4.30. The number of carbonyl (C=O) groups is 2. The number of hydrogen-bond acceptors (Lipinski definition) is 8. The van der Waals surface area contributed by atoms with Crippen LogP contribution in [0.2, 0.25) is 0 Å². The number of aromatic nitrogens is 3. The minimum Gasteiger partial charge on any atom is -0.394 e. The third-order valence-electron chi connectivity index (χ3n) is 5.96. The summed E-state index contributed by atoms with van der Waals surface area (Å²) in [6, 6.07) is 6.64. The number of fused-ring (bicyclic) bond motifs is 2. The van der Waals surface area contributed by atoms with Gasteiger partial charge in [-0.2, -0.15) is 4.98 Å². The molecule has 5 N–H and O–H groups in total. The van der Waals surface area contributed by atoms with Crippen LogP contribution in [0.3, 0.4) is 0 Å². The maximum Gasteiger partial charge on any atom is 0.263 e. The molecule has 0 spiro atoms. The molecule has 2 amide bonds. The Hall–Kier alpha value is -3.98. The Bertz CT molecular complexity index is 1400. The molecule has 0 aliphatic carbocycles. The largest absolute Gasteiger partial charge is 0.394 e. The second-order valence-electron chi connectivity index (χ2n) is 8.07. The van der Waals surface area contributed by atoms with Crippen molar-refractivity contribution in [1.29, 1.82) is 0 Å². The summed E-state index contributed by atoms with van der Waals surface area (Å²) in [5.41, 5.74) is 6.58. The van der Waals surface area contributed by atoms with E-state index in [0.29, 0.717) is 16.7 Å². The van der Waals surface area contributed by atoms with Gasteiger partial charge in [0.25, 0.3) is 17.4 Å². The lowest BCUT2D eigenvalue weighted by atomic mass is 10.1. The van der Waals surface area contributed by atoms with Crippen LogP contribution < -0.4 is 11.3 Å². The van der Waals surface area contributed by atoms with Gasteiger partial charge in [0.1, 0.15) is 12.3 Å². The van der Waals surface area contributed by atoms with E-state index in [1.807, 2.05) is 0 Å². The number of hydrogen-bond donors (Lipinski definition) is 4. The van der Waals surface area contributed by atoms with Gasteiger partial charge in [-0.25, -0.2) is 0 Å². The van der Waals surface area contributed by atoms with Crippen molar-refractivity contribution >= 4 is 28.8 Å². The number of imide groups is 1. The molecule has 11 nitrogen and oxygen atoms in total. The first-order chi connectivity index (χ1) is 16.4. The molecule has 5 rings (SSSR count). The number of aromatic amines is 1. The number of aliphatic hydroxyl groups excluding tert-OH is 2. The molecule has 0 radical (unpaired) electrons. The number of anilines is 1. The van der Waals surface area contributed by atoms with Gasteiger partial charge in [-0.15, -0.1) is 0 Å². The molecule has 0 bridgehead atoms. The first-order valence-electron chi connectivity index (χ1n) is 10.7. The minimum absolute atomic E-state index is 0.0840. The Kier molecular flexibility index (Phi) is 5.41. The zero-order chi connectivity index (χ0) is 24.0. The molecule has 3 aromatic rings. The van der Waals surface area contributed by atoms with Gasteiger partial charge in [0.2, 0.25) is 5.95 Å². The monoisotopic (exact) mass is 463 g/mol. The molecule has 0 saturated carbocycles. The number of aliphatic hydroxyl groups is 2. The number of nitrogen functional groups attached to an aromatic ring is 1. The second-order valence-corrected chi connectivity index (χ2v) is 8.07. The minimum atomic E-state index is -0.874. The van der Waals surface area contributed by atoms with E-state index in [-0.39, 0.29) is 54.8 Å². The lowest BCUT2D eigenvalue weighted by molar-refractivity contribution is -0.0430. The number of carbonyl (C=O) groups excluding carboxylic acids is 2. The van der Waals surface area contributed by atoms with Crippen LogP contribution in [0.5, 0.6) is 0 Å². The van der Waals surface area contributed by atoms with Crippen LogP contribution in [-0.4, -0.2) is 66.8 Å². The van der Waals surface area contributed by atoms with Crippen LogP contribution >= 0.6 is 0 Å². The zero-order valence-electron chi connectivity index (χ0n) is 17.9. The molecular weight excluding hydrogens is 442 g/mol. The highest BCUT2D eigenvalue weighted by Gasteiger charge is 2.36. The lowest BCUT2D eigenvalue weighted by Crippen LogP contribution is -2.30. The Morgan fingerprint density at radius 2 is 1.91 bits per heavy atom. The predicted molar refractivity (Wildman–Crippen MR) is 120 cm³/mol. The second kappa shape index (κ2) is 8.42. The number of amides is 2. The Morgan fingerprint density at radius 3 is 2.56 bits per heavy atom. The Balaban J connectivity index is 1.41. The van der Waals surface area contributed by atoms with Gasteiger partial charge in [0, 0.05) is 25.6 Å².